The van der Waals surface area contributed by atoms with Gasteiger partial charge in [-0.1, -0.05) is 0 Å². The molecule has 0 heterocycles. The standard InChI is InChI=1S/C19H34IOP/c1-7-22(20,8-2,9-3)16(4)18(21)19(5,6)15-17-13-11-10-12-14-17/h10-14,16,18,21H,7-9,15H2,1-6H3/t16-,18-/m1/s1. The average molecular weight is 436 g/mol. The van der Waals surface area contributed by atoms with Crippen molar-refractivity contribution in [3.05, 3.63) is 35.9 Å². The molecule has 22 heavy (non-hydrogen) atoms. The van der Waals surface area contributed by atoms with E-state index in [1.807, 2.05) is 0 Å². The first kappa shape index (κ1) is 20.4. The summed E-state index contributed by atoms with van der Waals surface area (Å²) < 4.78 is -1.88. The number of halogens is 1. The summed E-state index contributed by atoms with van der Waals surface area (Å²) in [6, 6.07) is 10.6. The van der Waals surface area contributed by atoms with Gasteiger partial charge in [0, 0.05) is 0 Å². The second-order valence-electron chi connectivity index (χ2n) is 7.46. The van der Waals surface area contributed by atoms with Gasteiger partial charge in [0.15, 0.2) is 0 Å². The van der Waals surface area contributed by atoms with Crippen LogP contribution in [-0.2, 0) is 6.42 Å². The van der Waals surface area contributed by atoms with Crippen molar-refractivity contribution in [1.29, 1.82) is 0 Å². The maximum atomic E-state index is 11.2. The molecule has 1 N–H and O–H groups in total. The van der Waals surface area contributed by atoms with Gasteiger partial charge in [0.05, 0.1) is 0 Å². The molecule has 1 rings (SSSR count). The van der Waals surface area contributed by atoms with E-state index in [0.29, 0.717) is 5.66 Å². The molecule has 0 radical (unpaired) electrons. The molecular formula is C19H34IOP. The summed E-state index contributed by atoms with van der Waals surface area (Å²) in [4.78, 5) is 0. The fourth-order valence-corrected chi connectivity index (χ4v) is 8.86. The maximum absolute atomic E-state index is 11.2. The number of rotatable bonds is 8. The van der Waals surface area contributed by atoms with E-state index in [1.54, 1.807) is 0 Å². The molecule has 128 valence electrons. The van der Waals surface area contributed by atoms with E-state index in [0.717, 1.165) is 6.42 Å². The molecular weight excluding hydrogens is 402 g/mol. The van der Waals surface area contributed by atoms with Crippen molar-refractivity contribution in [1.82, 2.24) is 0 Å². The normalized spacial score (nSPS) is 17.5. The van der Waals surface area contributed by atoms with Gasteiger partial charge in [0.1, 0.15) is 0 Å². The topological polar surface area (TPSA) is 20.2 Å². The second kappa shape index (κ2) is 7.49. The Balaban J connectivity index is 3.04. The van der Waals surface area contributed by atoms with E-state index in [2.05, 4.69) is 93.9 Å². The summed E-state index contributed by atoms with van der Waals surface area (Å²) in [5.41, 5.74) is 1.59. The van der Waals surface area contributed by atoms with Crippen molar-refractivity contribution in [2.45, 2.75) is 59.7 Å². The van der Waals surface area contributed by atoms with Crippen LogP contribution < -0.4 is 0 Å². The third kappa shape index (κ3) is 4.05. The van der Waals surface area contributed by atoms with Gasteiger partial charge in [0.2, 0.25) is 0 Å². The third-order valence-electron chi connectivity index (χ3n) is 6.03. The van der Waals surface area contributed by atoms with Gasteiger partial charge in [0.25, 0.3) is 0 Å². The monoisotopic (exact) mass is 436 g/mol. The third-order valence-corrected chi connectivity index (χ3v) is 21.6. The van der Waals surface area contributed by atoms with Gasteiger partial charge in [-0.05, 0) is 0 Å². The first-order valence-corrected chi connectivity index (χ1v) is 14.2. The zero-order chi connectivity index (χ0) is 17.0. The Hall–Kier alpha value is 0.340. The summed E-state index contributed by atoms with van der Waals surface area (Å²) in [5.74, 6) is 0. The summed E-state index contributed by atoms with van der Waals surface area (Å²) in [6.45, 7) is 13.7. The molecule has 0 unspecified atom stereocenters. The van der Waals surface area contributed by atoms with Gasteiger partial charge >= 0.3 is 151 Å². The Morgan fingerprint density at radius 1 is 1.05 bits per heavy atom. The van der Waals surface area contributed by atoms with Gasteiger partial charge in [-0.15, -0.1) is 0 Å². The first-order chi connectivity index (χ1) is 10.1. The Morgan fingerprint density at radius 2 is 1.50 bits per heavy atom. The van der Waals surface area contributed by atoms with Crippen LogP contribution in [0.3, 0.4) is 0 Å². The molecule has 0 fully saturated rings. The van der Waals surface area contributed by atoms with E-state index in [4.69, 9.17) is 0 Å². The van der Waals surface area contributed by atoms with Crippen LogP contribution in [-0.4, -0.2) is 35.4 Å². The summed E-state index contributed by atoms with van der Waals surface area (Å²) in [5, 5.41) is 11.2. The zero-order valence-corrected chi connectivity index (χ0v) is 18.2. The molecule has 0 amide bonds. The van der Waals surface area contributed by atoms with Crippen LogP contribution in [0.5, 0.6) is 0 Å². The van der Waals surface area contributed by atoms with Crippen LogP contribution in [0.15, 0.2) is 30.3 Å². The molecule has 0 aliphatic heterocycles. The minimum absolute atomic E-state index is 0.103. The molecule has 3 heteroatoms. The first-order valence-electron chi connectivity index (χ1n) is 8.57. The SMILES string of the molecule is CCP(I)(CC)(CC)[C@H](C)[C@@H](O)C(C)(C)Cc1ccccc1. The van der Waals surface area contributed by atoms with Gasteiger partial charge in [-0.3, -0.25) is 0 Å². The van der Waals surface area contributed by atoms with Crippen LogP contribution in [0.25, 0.3) is 0 Å². The van der Waals surface area contributed by atoms with Crippen molar-refractivity contribution in [2.75, 3.05) is 18.5 Å². The van der Waals surface area contributed by atoms with E-state index in [1.165, 1.54) is 24.0 Å². The van der Waals surface area contributed by atoms with Crippen molar-refractivity contribution >= 4 is 26.3 Å². The molecule has 0 bridgehead atoms. The molecule has 0 aliphatic carbocycles. The Kier molecular flexibility index (Phi) is 6.94. The predicted molar refractivity (Wildman–Crippen MR) is 112 cm³/mol. The molecule has 0 saturated carbocycles. The van der Waals surface area contributed by atoms with Crippen LogP contribution >= 0.6 is 26.3 Å². The summed E-state index contributed by atoms with van der Waals surface area (Å²) in [6.07, 6.45) is 4.33. The van der Waals surface area contributed by atoms with Crippen molar-refractivity contribution in [3.8, 4) is 0 Å². The number of hydrogen-bond acceptors (Lipinski definition) is 1. The zero-order valence-electron chi connectivity index (χ0n) is 15.1. The van der Waals surface area contributed by atoms with Crippen LogP contribution in [0.2, 0.25) is 0 Å². The quantitative estimate of drug-likeness (QED) is 0.393. The Bertz CT molecular complexity index is 457. The number of aliphatic hydroxyl groups excluding tert-OH is 1. The minimum atomic E-state index is -1.88. The Labute approximate surface area is 150 Å². The molecule has 0 aliphatic rings. The van der Waals surface area contributed by atoms with Crippen molar-refractivity contribution in [3.63, 3.8) is 0 Å². The summed E-state index contributed by atoms with van der Waals surface area (Å²) >= 11 is 2.78. The molecule has 0 saturated heterocycles. The number of aliphatic hydroxyl groups is 1. The molecule has 2 atom stereocenters. The predicted octanol–water partition coefficient (Wildman–Crippen LogP) is 5.97. The molecule has 1 aromatic rings. The fraction of sp³-hybridized carbons (Fsp3) is 0.684. The van der Waals surface area contributed by atoms with E-state index >= 15 is 0 Å². The average Bonchev–Trinajstić information content (AvgIpc) is 2.53. The van der Waals surface area contributed by atoms with E-state index in [9.17, 15) is 5.11 Å². The van der Waals surface area contributed by atoms with Crippen LogP contribution in [0, 0.1) is 5.41 Å². The van der Waals surface area contributed by atoms with Gasteiger partial charge in [-0.25, -0.2) is 0 Å². The molecule has 1 nitrogen and oxygen atoms in total. The van der Waals surface area contributed by atoms with Gasteiger partial charge in [-0.2, -0.15) is 0 Å². The number of hydrogen-bond donors (Lipinski definition) is 1. The number of benzene rings is 1. The summed E-state index contributed by atoms with van der Waals surface area (Å²) in [7, 11) is 0. The van der Waals surface area contributed by atoms with E-state index in [-0.39, 0.29) is 11.5 Å². The van der Waals surface area contributed by atoms with Crippen molar-refractivity contribution < 1.29 is 5.11 Å². The molecule has 0 spiro atoms. The molecule has 0 aromatic heterocycles. The van der Waals surface area contributed by atoms with Crippen LogP contribution in [0.4, 0.5) is 0 Å². The van der Waals surface area contributed by atoms with Crippen molar-refractivity contribution in [2.24, 2.45) is 5.41 Å². The molecule has 1 aromatic carbocycles. The van der Waals surface area contributed by atoms with Gasteiger partial charge < -0.3 is 0 Å². The second-order valence-corrected chi connectivity index (χ2v) is 21.3. The Morgan fingerprint density at radius 3 is 1.91 bits per heavy atom. The fourth-order valence-electron chi connectivity index (χ4n) is 3.77. The van der Waals surface area contributed by atoms with Crippen LogP contribution in [0.1, 0.15) is 47.1 Å². The van der Waals surface area contributed by atoms with E-state index < -0.39 is 4.25 Å².